The number of hydrogen-bond donors (Lipinski definition) is 1. The highest BCUT2D eigenvalue weighted by Gasteiger charge is 2.32. The zero-order chi connectivity index (χ0) is 14.3. The summed E-state index contributed by atoms with van der Waals surface area (Å²) < 4.78 is 1.61. The Kier molecular flexibility index (Phi) is 3.52. The Morgan fingerprint density at radius 3 is 3.00 bits per heavy atom. The van der Waals surface area contributed by atoms with Crippen LogP contribution in [0.4, 0.5) is 0 Å². The average Bonchev–Trinajstić information content (AvgIpc) is 2.71. The van der Waals surface area contributed by atoms with Crippen molar-refractivity contribution in [1.29, 1.82) is 0 Å². The second-order valence-corrected chi connectivity index (χ2v) is 5.76. The highest BCUT2D eigenvalue weighted by Crippen LogP contribution is 2.41. The lowest BCUT2D eigenvalue weighted by atomic mass is 9.81. The molecule has 0 aromatic carbocycles. The first-order chi connectivity index (χ1) is 9.59. The van der Waals surface area contributed by atoms with Crippen LogP contribution in [0.5, 0.6) is 0 Å². The average molecular weight is 292 g/mol. The molecule has 2 aromatic rings. The van der Waals surface area contributed by atoms with Crippen LogP contribution in [0.25, 0.3) is 0 Å². The number of aromatic nitrogens is 3. The van der Waals surface area contributed by atoms with Crippen LogP contribution in [-0.4, -0.2) is 19.9 Å². The van der Waals surface area contributed by atoms with Crippen LogP contribution in [0.1, 0.15) is 47.4 Å². The highest BCUT2D eigenvalue weighted by atomic mass is 35.5. The fourth-order valence-electron chi connectivity index (χ4n) is 3.14. The molecule has 0 amide bonds. The van der Waals surface area contributed by atoms with E-state index >= 15 is 0 Å². The number of hydrogen-bond acceptors (Lipinski definition) is 3. The Labute approximate surface area is 123 Å². The number of aliphatic hydroxyl groups is 1. The SMILES string of the molecule is Cc1nn(C)c(Cl)c1C(O)C1CCCc2cccnc21. The molecule has 0 radical (unpaired) electrons. The maximum Gasteiger partial charge on any atom is 0.132 e. The van der Waals surface area contributed by atoms with Crippen LogP contribution in [0.15, 0.2) is 18.3 Å². The summed E-state index contributed by atoms with van der Waals surface area (Å²) in [5.41, 5.74) is 3.76. The minimum absolute atomic E-state index is 0.000324. The molecule has 0 bridgehead atoms. The fraction of sp³-hybridized carbons (Fsp3) is 0.467. The summed E-state index contributed by atoms with van der Waals surface area (Å²) in [6.07, 6.45) is 4.17. The van der Waals surface area contributed by atoms with Crippen molar-refractivity contribution in [3.8, 4) is 0 Å². The third-order valence-corrected chi connectivity index (χ3v) is 4.56. The summed E-state index contributed by atoms with van der Waals surface area (Å²) in [5, 5.41) is 15.6. The first kappa shape index (κ1) is 13.6. The van der Waals surface area contributed by atoms with E-state index in [0.29, 0.717) is 5.15 Å². The molecule has 3 rings (SSSR count). The molecule has 2 aromatic heterocycles. The molecule has 0 fully saturated rings. The summed E-state index contributed by atoms with van der Waals surface area (Å²) >= 11 is 6.28. The smallest absolute Gasteiger partial charge is 0.132 e. The fourth-order valence-corrected chi connectivity index (χ4v) is 3.42. The van der Waals surface area contributed by atoms with Crippen LogP contribution >= 0.6 is 11.6 Å². The van der Waals surface area contributed by atoms with Gasteiger partial charge in [0.05, 0.1) is 11.8 Å². The molecule has 1 aliphatic carbocycles. The van der Waals surface area contributed by atoms with Gasteiger partial charge in [-0.1, -0.05) is 17.7 Å². The van der Waals surface area contributed by atoms with Gasteiger partial charge in [0.1, 0.15) is 5.15 Å². The van der Waals surface area contributed by atoms with E-state index in [-0.39, 0.29) is 5.92 Å². The standard InChI is InChI=1S/C15H18ClN3O/c1-9-12(15(16)19(2)18-9)14(20)11-7-3-5-10-6-4-8-17-13(10)11/h4,6,8,11,14,20H,3,5,7H2,1-2H3. The van der Waals surface area contributed by atoms with Crippen LogP contribution in [0.2, 0.25) is 5.15 Å². The lowest BCUT2D eigenvalue weighted by Gasteiger charge is -2.28. The molecule has 5 heteroatoms. The molecule has 2 heterocycles. The van der Waals surface area contributed by atoms with E-state index in [1.807, 2.05) is 13.0 Å². The van der Waals surface area contributed by atoms with Crippen LogP contribution < -0.4 is 0 Å². The van der Waals surface area contributed by atoms with Crippen molar-refractivity contribution in [2.24, 2.45) is 7.05 Å². The van der Waals surface area contributed by atoms with E-state index in [1.54, 1.807) is 17.9 Å². The Balaban J connectivity index is 2.02. The molecule has 2 atom stereocenters. The lowest BCUT2D eigenvalue weighted by molar-refractivity contribution is 0.133. The number of halogens is 1. The van der Waals surface area contributed by atoms with Crippen molar-refractivity contribution < 1.29 is 5.11 Å². The predicted molar refractivity (Wildman–Crippen MR) is 77.8 cm³/mol. The Hall–Kier alpha value is -1.39. The summed E-state index contributed by atoms with van der Waals surface area (Å²) in [4.78, 5) is 4.48. The lowest BCUT2D eigenvalue weighted by Crippen LogP contribution is -2.19. The molecule has 0 aliphatic heterocycles. The van der Waals surface area contributed by atoms with E-state index < -0.39 is 6.10 Å². The summed E-state index contributed by atoms with van der Waals surface area (Å²) in [6.45, 7) is 1.88. The van der Waals surface area contributed by atoms with Gasteiger partial charge in [0.15, 0.2) is 0 Å². The predicted octanol–water partition coefficient (Wildman–Crippen LogP) is 2.93. The molecular weight excluding hydrogens is 274 g/mol. The maximum atomic E-state index is 10.8. The largest absolute Gasteiger partial charge is 0.388 e. The van der Waals surface area contributed by atoms with Crippen molar-refractivity contribution in [2.75, 3.05) is 0 Å². The van der Waals surface area contributed by atoms with Crippen molar-refractivity contribution in [2.45, 2.75) is 38.2 Å². The van der Waals surface area contributed by atoms with Gasteiger partial charge in [-0.05, 0) is 37.8 Å². The van der Waals surface area contributed by atoms with Crippen molar-refractivity contribution in [1.82, 2.24) is 14.8 Å². The van der Waals surface area contributed by atoms with Crippen LogP contribution in [0.3, 0.4) is 0 Å². The van der Waals surface area contributed by atoms with Gasteiger partial charge in [0, 0.05) is 30.4 Å². The van der Waals surface area contributed by atoms with E-state index in [2.05, 4.69) is 16.1 Å². The van der Waals surface area contributed by atoms with Gasteiger partial charge in [-0.25, -0.2) is 0 Å². The van der Waals surface area contributed by atoms with Crippen molar-refractivity contribution in [3.05, 3.63) is 46.0 Å². The molecular formula is C15H18ClN3O. The summed E-state index contributed by atoms with van der Waals surface area (Å²) in [7, 11) is 1.79. The topological polar surface area (TPSA) is 50.9 Å². The second kappa shape index (κ2) is 5.19. The number of pyridine rings is 1. The number of nitrogens with zero attached hydrogens (tertiary/aromatic N) is 3. The van der Waals surface area contributed by atoms with E-state index in [0.717, 1.165) is 36.2 Å². The normalized spacial score (nSPS) is 19.7. The van der Waals surface area contributed by atoms with E-state index in [4.69, 9.17) is 11.6 Å². The summed E-state index contributed by atoms with van der Waals surface area (Å²) in [5.74, 6) is 0.000324. The minimum Gasteiger partial charge on any atom is -0.388 e. The molecule has 0 saturated heterocycles. The molecule has 1 N–H and O–H groups in total. The number of fused-ring (bicyclic) bond motifs is 1. The van der Waals surface area contributed by atoms with E-state index in [9.17, 15) is 5.11 Å². The molecule has 20 heavy (non-hydrogen) atoms. The maximum absolute atomic E-state index is 10.8. The zero-order valence-electron chi connectivity index (χ0n) is 11.7. The molecule has 1 aliphatic rings. The highest BCUT2D eigenvalue weighted by molar-refractivity contribution is 6.30. The summed E-state index contributed by atoms with van der Waals surface area (Å²) in [6, 6.07) is 4.05. The van der Waals surface area contributed by atoms with Gasteiger partial charge in [0.25, 0.3) is 0 Å². The van der Waals surface area contributed by atoms with Crippen molar-refractivity contribution in [3.63, 3.8) is 0 Å². The van der Waals surface area contributed by atoms with Gasteiger partial charge in [-0.3, -0.25) is 9.67 Å². The first-order valence-corrected chi connectivity index (χ1v) is 7.28. The molecule has 0 spiro atoms. The zero-order valence-corrected chi connectivity index (χ0v) is 12.4. The van der Waals surface area contributed by atoms with Crippen LogP contribution in [-0.2, 0) is 13.5 Å². The first-order valence-electron chi connectivity index (χ1n) is 6.90. The monoisotopic (exact) mass is 291 g/mol. The number of rotatable bonds is 2. The molecule has 0 saturated carbocycles. The Morgan fingerprint density at radius 1 is 1.50 bits per heavy atom. The second-order valence-electron chi connectivity index (χ2n) is 5.40. The number of aryl methyl sites for hydroxylation is 3. The Bertz CT molecular complexity index is 638. The van der Waals surface area contributed by atoms with Gasteiger partial charge in [0.2, 0.25) is 0 Å². The third-order valence-electron chi connectivity index (χ3n) is 4.11. The number of aliphatic hydroxyl groups excluding tert-OH is 1. The van der Waals surface area contributed by atoms with E-state index in [1.165, 1.54) is 5.56 Å². The van der Waals surface area contributed by atoms with Gasteiger partial charge < -0.3 is 5.11 Å². The minimum atomic E-state index is -0.648. The molecule has 4 nitrogen and oxygen atoms in total. The van der Waals surface area contributed by atoms with Gasteiger partial charge in [-0.2, -0.15) is 5.10 Å². The van der Waals surface area contributed by atoms with Crippen molar-refractivity contribution >= 4 is 11.6 Å². The molecule has 106 valence electrons. The van der Waals surface area contributed by atoms with Crippen LogP contribution in [0, 0.1) is 6.92 Å². The van der Waals surface area contributed by atoms with Gasteiger partial charge >= 0.3 is 0 Å². The molecule has 2 unspecified atom stereocenters. The quantitative estimate of drug-likeness (QED) is 0.925. The van der Waals surface area contributed by atoms with Gasteiger partial charge in [-0.15, -0.1) is 0 Å². The Morgan fingerprint density at radius 2 is 2.30 bits per heavy atom. The third kappa shape index (κ3) is 2.13.